The Hall–Kier alpha value is -0.410. The molecule has 16 heavy (non-hydrogen) atoms. The molecule has 0 fully saturated rings. The third-order valence-electron chi connectivity index (χ3n) is 2.80. The lowest BCUT2D eigenvalue weighted by Crippen LogP contribution is -2.20. The first kappa shape index (κ1) is 15.6. The molecule has 0 radical (unpaired) electrons. The monoisotopic (exact) mass is 230 g/mol. The van der Waals surface area contributed by atoms with Gasteiger partial charge in [-0.1, -0.05) is 39.5 Å². The minimum absolute atomic E-state index is 0.175. The Bertz CT molecular complexity index is 169. The van der Waals surface area contributed by atoms with Gasteiger partial charge in [0, 0.05) is 13.0 Å². The minimum atomic E-state index is 0.175. The summed E-state index contributed by atoms with van der Waals surface area (Å²) in [7, 11) is 1.56. The molecule has 0 spiro atoms. The van der Waals surface area contributed by atoms with Gasteiger partial charge in [-0.2, -0.15) is 0 Å². The molecule has 96 valence electrons. The van der Waals surface area contributed by atoms with Crippen LogP contribution in [0, 0.1) is 5.92 Å². The molecule has 0 aliphatic rings. The first-order chi connectivity index (χ1) is 7.76. The fourth-order valence-electron chi connectivity index (χ4n) is 1.75. The topological polar surface area (TPSA) is 35.5 Å². The summed E-state index contributed by atoms with van der Waals surface area (Å²) >= 11 is 0. The maximum absolute atomic E-state index is 11.7. The van der Waals surface area contributed by atoms with Crippen molar-refractivity contribution in [1.29, 1.82) is 0 Å². The standard InChI is InChI=1S/C13H26O3/c1-4-6-7-8-9-12(5-2)13(14)10-16-11-15-3/h12H,4-11H2,1-3H3. The third-order valence-corrected chi connectivity index (χ3v) is 2.80. The molecule has 0 aromatic heterocycles. The summed E-state index contributed by atoms with van der Waals surface area (Å²) in [5, 5.41) is 0. The molecular formula is C13H26O3. The fourth-order valence-corrected chi connectivity index (χ4v) is 1.75. The maximum Gasteiger partial charge on any atom is 0.161 e. The smallest absolute Gasteiger partial charge is 0.161 e. The summed E-state index contributed by atoms with van der Waals surface area (Å²) < 4.78 is 9.83. The zero-order valence-corrected chi connectivity index (χ0v) is 11.0. The van der Waals surface area contributed by atoms with Crippen LogP contribution in [0.15, 0.2) is 0 Å². The van der Waals surface area contributed by atoms with Crippen LogP contribution in [0.2, 0.25) is 0 Å². The van der Waals surface area contributed by atoms with E-state index in [1.165, 1.54) is 19.3 Å². The van der Waals surface area contributed by atoms with Crippen LogP contribution in [0.1, 0.15) is 52.4 Å². The van der Waals surface area contributed by atoms with Gasteiger partial charge in [0.15, 0.2) is 5.78 Å². The zero-order chi connectivity index (χ0) is 12.2. The lowest BCUT2D eigenvalue weighted by atomic mass is 9.94. The van der Waals surface area contributed by atoms with Gasteiger partial charge in [-0.25, -0.2) is 0 Å². The van der Waals surface area contributed by atoms with Crippen LogP contribution < -0.4 is 0 Å². The second kappa shape index (κ2) is 11.1. The van der Waals surface area contributed by atoms with Gasteiger partial charge in [0.2, 0.25) is 0 Å². The van der Waals surface area contributed by atoms with E-state index in [1.54, 1.807) is 7.11 Å². The van der Waals surface area contributed by atoms with Crippen molar-refractivity contribution in [3.8, 4) is 0 Å². The molecule has 0 N–H and O–H groups in total. The Labute approximate surface area is 99.5 Å². The molecule has 0 aliphatic heterocycles. The van der Waals surface area contributed by atoms with Crippen LogP contribution >= 0.6 is 0 Å². The summed E-state index contributed by atoms with van der Waals surface area (Å²) in [5.74, 6) is 0.393. The van der Waals surface area contributed by atoms with Crippen molar-refractivity contribution in [2.45, 2.75) is 52.4 Å². The molecule has 0 saturated heterocycles. The molecule has 0 heterocycles. The van der Waals surface area contributed by atoms with E-state index in [9.17, 15) is 4.79 Å². The summed E-state index contributed by atoms with van der Waals surface area (Å²) in [5.41, 5.74) is 0. The fraction of sp³-hybridized carbons (Fsp3) is 0.923. The number of carbonyl (C=O) groups excluding carboxylic acids is 1. The van der Waals surface area contributed by atoms with Gasteiger partial charge in [0.05, 0.1) is 0 Å². The predicted molar refractivity (Wildman–Crippen MR) is 65.4 cm³/mol. The van der Waals surface area contributed by atoms with E-state index in [2.05, 4.69) is 13.8 Å². The van der Waals surface area contributed by atoms with Crippen LogP contribution in [-0.2, 0) is 14.3 Å². The van der Waals surface area contributed by atoms with E-state index in [0.29, 0.717) is 0 Å². The van der Waals surface area contributed by atoms with Crippen LogP contribution in [0.3, 0.4) is 0 Å². The zero-order valence-electron chi connectivity index (χ0n) is 11.0. The molecule has 0 aliphatic carbocycles. The molecule has 0 saturated carbocycles. The molecule has 3 nitrogen and oxygen atoms in total. The summed E-state index contributed by atoms with van der Waals surface area (Å²) in [6, 6.07) is 0. The number of hydrogen-bond acceptors (Lipinski definition) is 3. The highest BCUT2D eigenvalue weighted by Crippen LogP contribution is 2.15. The van der Waals surface area contributed by atoms with Crippen LogP contribution in [0.5, 0.6) is 0 Å². The van der Waals surface area contributed by atoms with Crippen molar-refractivity contribution in [3.63, 3.8) is 0 Å². The van der Waals surface area contributed by atoms with Gasteiger partial charge in [-0.05, 0) is 12.8 Å². The lowest BCUT2D eigenvalue weighted by Gasteiger charge is -2.13. The molecule has 3 heteroatoms. The number of methoxy groups -OCH3 is 1. The summed E-state index contributed by atoms with van der Waals surface area (Å²) in [4.78, 5) is 11.7. The SMILES string of the molecule is CCCCCCC(CC)C(=O)COCOC. The average molecular weight is 230 g/mol. The number of carbonyl (C=O) groups is 1. The molecule has 0 amide bonds. The number of unbranched alkanes of at least 4 members (excludes halogenated alkanes) is 3. The normalized spacial score (nSPS) is 12.7. The van der Waals surface area contributed by atoms with Crippen molar-refractivity contribution in [2.75, 3.05) is 20.5 Å². The van der Waals surface area contributed by atoms with E-state index >= 15 is 0 Å². The van der Waals surface area contributed by atoms with Gasteiger partial charge in [-0.3, -0.25) is 4.79 Å². The predicted octanol–water partition coefficient (Wildman–Crippen LogP) is 3.17. The van der Waals surface area contributed by atoms with E-state index in [1.807, 2.05) is 0 Å². The molecule has 1 atom stereocenters. The Kier molecular flexibility index (Phi) is 10.8. The van der Waals surface area contributed by atoms with Crippen molar-refractivity contribution >= 4 is 5.78 Å². The van der Waals surface area contributed by atoms with Gasteiger partial charge in [0.25, 0.3) is 0 Å². The highest BCUT2D eigenvalue weighted by molar-refractivity contribution is 5.82. The quantitative estimate of drug-likeness (QED) is 0.404. The summed E-state index contributed by atoms with van der Waals surface area (Å²) in [6.07, 6.45) is 6.82. The van der Waals surface area contributed by atoms with Gasteiger partial charge >= 0.3 is 0 Å². The average Bonchev–Trinajstić information content (AvgIpc) is 2.29. The molecule has 0 aromatic carbocycles. The van der Waals surface area contributed by atoms with Gasteiger partial charge in [0.1, 0.15) is 13.4 Å². The number of rotatable bonds is 11. The van der Waals surface area contributed by atoms with Crippen molar-refractivity contribution in [2.24, 2.45) is 5.92 Å². The van der Waals surface area contributed by atoms with Crippen LogP contribution in [-0.4, -0.2) is 26.3 Å². The molecule has 1 unspecified atom stereocenters. The second-order valence-electron chi connectivity index (χ2n) is 4.18. The molecule has 0 rings (SSSR count). The number of ether oxygens (including phenoxy) is 2. The van der Waals surface area contributed by atoms with E-state index in [4.69, 9.17) is 9.47 Å². The molecule has 0 aromatic rings. The van der Waals surface area contributed by atoms with E-state index in [-0.39, 0.29) is 25.1 Å². The minimum Gasteiger partial charge on any atom is -0.359 e. The first-order valence-corrected chi connectivity index (χ1v) is 6.35. The number of hydrogen-bond donors (Lipinski definition) is 0. The highest BCUT2D eigenvalue weighted by atomic mass is 16.7. The third kappa shape index (κ3) is 7.83. The number of Topliss-reactive ketones (excluding diaryl/α,β-unsaturated/α-hetero) is 1. The van der Waals surface area contributed by atoms with Crippen LogP contribution in [0.25, 0.3) is 0 Å². The Balaban J connectivity index is 3.65. The van der Waals surface area contributed by atoms with Crippen molar-refractivity contribution in [1.82, 2.24) is 0 Å². The van der Waals surface area contributed by atoms with Crippen molar-refractivity contribution < 1.29 is 14.3 Å². The maximum atomic E-state index is 11.7. The van der Waals surface area contributed by atoms with Gasteiger partial charge < -0.3 is 9.47 Å². The van der Waals surface area contributed by atoms with Crippen LogP contribution in [0.4, 0.5) is 0 Å². The summed E-state index contributed by atoms with van der Waals surface area (Å²) in [6.45, 7) is 4.66. The molecule has 0 bridgehead atoms. The van der Waals surface area contributed by atoms with Gasteiger partial charge in [-0.15, -0.1) is 0 Å². The lowest BCUT2D eigenvalue weighted by molar-refractivity contribution is -0.132. The van der Waals surface area contributed by atoms with Crippen molar-refractivity contribution in [3.05, 3.63) is 0 Å². The highest BCUT2D eigenvalue weighted by Gasteiger charge is 2.15. The first-order valence-electron chi connectivity index (χ1n) is 6.35. The Morgan fingerprint density at radius 1 is 1.19 bits per heavy atom. The molecular weight excluding hydrogens is 204 g/mol. The Morgan fingerprint density at radius 3 is 2.50 bits per heavy atom. The second-order valence-corrected chi connectivity index (χ2v) is 4.18. The number of ketones is 1. The Morgan fingerprint density at radius 2 is 1.94 bits per heavy atom. The largest absolute Gasteiger partial charge is 0.359 e. The van der Waals surface area contributed by atoms with E-state index in [0.717, 1.165) is 19.3 Å². The van der Waals surface area contributed by atoms with E-state index < -0.39 is 0 Å².